The van der Waals surface area contributed by atoms with Gasteiger partial charge in [-0.15, -0.1) is 0 Å². The number of nitrogens with zero attached hydrogens (tertiary/aromatic N) is 1. The molecule has 2 nitrogen and oxygen atoms in total. The number of rotatable bonds is 2. The first-order valence-corrected chi connectivity index (χ1v) is 5.18. The molecule has 0 fully saturated rings. The van der Waals surface area contributed by atoms with Crippen LogP contribution in [0.5, 0.6) is 0 Å². The Hall–Kier alpha value is -1.41. The second-order valence-corrected chi connectivity index (χ2v) is 4.02. The second-order valence-electron chi connectivity index (χ2n) is 4.02. The molecule has 1 N–H and O–H groups in total. The van der Waals surface area contributed by atoms with Crippen molar-refractivity contribution in [2.24, 2.45) is 0 Å². The molecule has 2 aromatic rings. The van der Waals surface area contributed by atoms with Crippen LogP contribution in [0.15, 0.2) is 30.5 Å². The minimum atomic E-state index is 0.185. The standard InChI is InChI=1S/C13H15NO/c1-9(8-15)11-3-4-12-5-10(2)14-7-13(12)6-11/h3-7,9,15H,8H2,1-2H3. The fraction of sp³-hybridized carbons (Fsp3) is 0.308. The van der Waals surface area contributed by atoms with Crippen molar-refractivity contribution in [3.63, 3.8) is 0 Å². The van der Waals surface area contributed by atoms with E-state index < -0.39 is 0 Å². The molecule has 1 atom stereocenters. The zero-order valence-electron chi connectivity index (χ0n) is 9.07. The molecule has 2 rings (SSSR count). The van der Waals surface area contributed by atoms with Crippen LogP contribution in [-0.4, -0.2) is 16.7 Å². The van der Waals surface area contributed by atoms with Crippen molar-refractivity contribution < 1.29 is 5.11 Å². The molecule has 1 aromatic heterocycles. The maximum Gasteiger partial charge on any atom is 0.0497 e. The van der Waals surface area contributed by atoms with Gasteiger partial charge in [0.1, 0.15) is 0 Å². The molecular formula is C13H15NO. The lowest BCUT2D eigenvalue weighted by Gasteiger charge is -2.09. The molecule has 0 aliphatic rings. The van der Waals surface area contributed by atoms with E-state index in [9.17, 15) is 0 Å². The van der Waals surface area contributed by atoms with Gasteiger partial charge in [0.2, 0.25) is 0 Å². The molecule has 0 bridgehead atoms. The van der Waals surface area contributed by atoms with Gasteiger partial charge in [0, 0.05) is 29.8 Å². The lowest BCUT2D eigenvalue weighted by atomic mass is 9.99. The van der Waals surface area contributed by atoms with E-state index in [1.54, 1.807) is 0 Å². The van der Waals surface area contributed by atoms with E-state index in [1.807, 2.05) is 20.0 Å². The van der Waals surface area contributed by atoms with Gasteiger partial charge in [-0.05, 0) is 30.0 Å². The van der Waals surface area contributed by atoms with Crippen molar-refractivity contribution in [2.75, 3.05) is 6.61 Å². The molecule has 1 aromatic carbocycles. The molecule has 0 saturated heterocycles. The summed E-state index contributed by atoms with van der Waals surface area (Å²) in [6.45, 7) is 4.19. The van der Waals surface area contributed by atoms with E-state index in [2.05, 4.69) is 29.2 Å². The number of benzene rings is 1. The van der Waals surface area contributed by atoms with Crippen molar-refractivity contribution in [2.45, 2.75) is 19.8 Å². The van der Waals surface area contributed by atoms with Gasteiger partial charge in [-0.25, -0.2) is 0 Å². The van der Waals surface area contributed by atoms with Crippen molar-refractivity contribution >= 4 is 10.8 Å². The van der Waals surface area contributed by atoms with Crippen LogP contribution in [0, 0.1) is 6.92 Å². The number of aromatic nitrogens is 1. The highest BCUT2D eigenvalue weighted by Gasteiger charge is 2.04. The summed E-state index contributed by atoms with van der Waals surface area (Å²) in [7, 11) is 0. The van der Waals surface area contributed by atoms with Crippen LogP contribution < -0.4 is 0 Å². The fourth-order valence-electron chi connectivity index (χ4n) is 1.68. The summed E-state index contributed by atoms with van der Waals surface area (Å²) in [6, 6.07) is 8.33. The minimum absolute atomic E-state index is 0.185. The van der Waals surface area contributed by atoms with E-state index >= 15 is 0 Å². The first-order chi connectivity index (χ1) is 7.20. The molecule has 78 valence electrons. The predicted octanol–water partition coefficient (Wildman–Crippen LogP) is 2.64. The van der Waals surface area contributed by atoms with Crippen LogP contribution in [0.25, 0.3) is 10.8 Å². The maximum absolute atomic E-state index is 9.09. The number of aryl methyl sites for hydroxylation is 1. The average Bonchev–Trinajstić information content (AvgIpc) is 2.27. The summed E-state index contributed by atoms with van der Waals surface area (Å²) in [5, 5.41) is 11.4. The Bertz CT molecular complexity index is 479. The first kappa shape index (κ1) is 10.1. The van der Waals surface area contributed by atoms with Gasteiger partial charge in [-0.1, -0.05) is 19.1 Å². The lowest BCUT2D eigenvalue weighted by molar-refractivity contribution is 0.273. The summed E-state index contributed by atoms with van der Waals surface area (Å²) >= 11 is 0. The van der Waals surface area contributed by atoms with Crippen molar-refractivity contribution in [3.8, 4) is 0 Å². The second kappa shape index (κ2) is 3.99. The van der Waals surface area contributed by atoms with E-state index in [1.165, 1.54) is 5.39 Å². The van der Waals surface area contributed by atoms with Crippen LogP contribution in [0.1, 0.15) is 24.1 Å². The van der Waals surface area contributed by atoms with Gasteiger partial charge in [-0.3, -0.25) is 4.98 Å². The van der Waals surface area contributed by atoms with Crippen LogP contribution in [0.4, 0.5) is 0 Å². The normalized spacial score (nSPS) is 13.0. The molecule has 1 heterocycles. The highest BCUT2D eigenvalue weighted by atomic mass is 16.3. The van der Waals surface area contributed by atoms with Gasteiger partial charge < -0.3 is 5.11 Å². The van der Waals surface area contributed by atoms with Crippen LogP contribution in [-0.2, 0) is 0 Å². The Balaban J connectivity index is 2.52. The predicted molar refractivity (Wildman–Crippen MR) is 62.0 cm³/mol. The number of aliphatic hydroxyl groups excluding tert-OH is 1. The monoisotopic (exact) mass is 201 g/mol. The Morgan fingerprint density at radius 2 is 2.07 bits per heavy atom. The van der Waals surface area contributed by atoms with Crippen LogP contribution in [0.3, 0.4) is 0 Å². The number of aliphatic hydroxyl groups is 1. The molecule has 0 radical (unpaired) electrons. The van der Waals surface area contributed by atoms with Crippen LogP contribution in [0.2, 0.25) is 0 Å². The van der Waals surface area contributed by atoms with E-state index in [0.29, 0.717) is 0 Å². The maximum atomic E-state index is 9.09. The third kappa shape index (κ3) is 2.00. The molecule has 2 heteroatoms. The highest BCUT2D eigenvalue weighted by molar-refractivity contribution is 5.82. The Morgan fingerprint density at radius 3 is 2.80 bits per heavy atom. The topological polar surface area (TPSA) is 33.1 Å². The Kier molecular flexibility index (Phi) is 2.69. The number of hydrogen-bond donors (Lipinski definition) is 1. The molecular weight excluding hydrogens is 186 g/mol. The van der Waals surface area contributed by atoms with Crippen molar-refractivity contribution in [3.05, 3.63) is 41.7 Å². The molecule has 1 unspecified atom stereocenters. The SMILES string of the molecule is Cc1cc2ccc(C(C)CO)cc2cn1. The molecule has 15 heavy (non-hydrogen) atoms. The quantitative estimate of drug-likeness (QED) is 0.810. The highest BCUT2D eigenvalue weighted by Crippen LogP contribution is 2.21. The van der Waals surface area contributed by atoms with Gasteiger partial charge in [0.15, 0.2) is 0 Å². The fourth-order valence-corrected chi connectivity index (χ4v) is 1.68. The molecule has 0 aliphatic carbocycles. The smallest absolute Gasteiger partial charge is 0.0497 e. The number of pyridine rings is 1. The summed E-state index contributed by atoms with van der Waals surface area (Å²) in [6.07, 6.45) is 1.89. The van der Waals surface area contributed by atoms with E-state index in [4.69, 9.17) is 5.11 Å². The largest absolute Gasteiger partial charge is 0.396 e. The van der Waals surface area contributed by atoms with Crippen molar-refractivity contribution in [1.82, 2.24) is 4.98 Å². The number of fused-ring (bicyclic) bond motifs is 1. The van der Waals surface area contributed by atoms with Gasteiger partial charge in [-0.2, -0.15) is 0 Å². The van der Waals surface area contributed by atoms with E-state index in [0.717, 1.165) is 16.6 Å². The van der Waals surface area contributed by atoms with Gasteiger partial charge in [0.05, 0.1) is 0 Å². The zero-order chi connectivity index (χ0) is 10.8. The Labute approximate surface area is 89.6 Å². The average molecular weight is 201 g/mol. The molecule has 0 amide bonds. The zero-order valence-corrected chi connectivity index (χ0v) is 9.07. The third-order valence-corrected chi connectivity index (χ3v) is 2.73. The lowest BCUT2D eigenvalue weighted by Crippen LogP contribution is -1.98. The third-order valence-electron chi connectivity index (χ3n) is 2.73. The minimum Gasteiger partial charge on any atom is -0.396 e. The first-order valence-electron chi connectivity index (χ1n) is 5.18. The summed E-state index contributed by atoms with van der Waals surface area (Å²) in [5.74, 6) is 0.190. The summed E-state index contributed by atoms with van der Waals surface area (Å²) < 4.78 is 0. The molecule has 0 aliphatic heterocycles. The Morgan fingerprint density at radius 1 is 1.27 bits per heavy atom. The van der Waals surface area contributed by atoms with Crippen LogP contribution >= 0.6 is 0 Å². The molecule has 0 spiro atoms. The molecule has 0 saturated carbocycles. The number of hydrogen-bond acceptors (Lipinski definition) is 2. The summed E-state index contributed by atoms with van der Waals surface area (Å²) in [4.78, 5) is 4.27. The van der Waals surface area contributed by atoms with E-state index in [-0.39, 0.29) is 12.5 Å². The van der Waals surface area contributed by atoms with Crippen molar-refractivity contribution in [1.29, 1.82) is 0 Å². The summed E-state index contributed by atoms with van der Waals surface area (Å²) in [5.41, 5.74) is 2.20. The van der Waals surface area contributed by atoms with Gasteiger partial charge in [0.25, 0.3) is 0 Å². The van der Waals surface area contributed by atoms with Gasteiger partial charge >= 0.3 is 0 Å².